The number of aliphatic hydroxyl groups is 2. The average molecular weight is 563 g/mol. The van der Waals surface area contributed by atoms with Crippen LogP contribution in [0.15, 0.2) is 18.2 Å². The summed E-state index contributed by atoms with van der Waals surface area (Å²) in [5.74, 6) is -3.18. The summed E-state index contributed by atoms with van der Waals surface area (Å²) in [7, 11) is 1.34. The second-order valence-electron chi connectivity index (χ2n) is 10.1. The molecule has 1 heterocycles. The number of aromatic hydroxyl groups is 2. The summed E-state index contributed by atoms with van der Waals surface area (Å²) >= 11 is 0. The number of phenolic OH excluding ortho intramolecular Hbond substituents is 2. The lowest BCUT2D eigenvalue weighted by Gasteiger charge is -2.42. The number of carbonyl (C=O) groups excluding carboxylic acids is 3. The zero-order valence-corrected chi connectivity index (χ0v) is 22.2. The molecule has 11 nitrogen and oxygen atoms in total. The third-order valence-electron chi connectivity index (χ3n) is 7.80. The Morgan fingerprint density at radius 1 is 1.13 bits per heavy atom. The van der Waals surface area contributed by atoms with Gasteiger partial charge in [0, 0.05) is 42.0 Å². The van der Waals surface area contributed by atoms with Crippen LogP contribution in [0.25, 0.3) is 0 Å². The van der Waals surface area contributed by atoms with Crippen LogP contribution < -0.4 is 22.9 Å². The molecule has 6 atom stereocenters. The lowest BCUT2D eigenvalue weighted by atomic mass is 9.72. The number of hydrogen-bond donors (Lipinski definition) is 5. The number of aliphatic hydroxyl groups excluding tert-OH is 1. The Morgan fingerprint density at radius 3 is 2.41 bits per heavy atom. The minimum Gasteiger partial charge on any atom is -1.00 e. The quantitative estimate of drug-likeness (QED) is 0.222. The number of hydrogen-bond acceptors (Lipinski definition) is 11. The van der Waals surface area contributed by atoms with Gasteiger partial charge in [0.15, 0.2) is 17.9 Å². The molecule has 0 bridgehead atoms. The van der Waals surface area contributed by atoms with Gasteiger partial charge in [0.05, 0.1) is 42.1 Å². The standard InChI is InChI=1S/C27H29NO10.ClH/c1-10-22(30)14(28)7-17(37-10)38-16-9-27(35,11(2)29)8-13-19(16)26(34)21-20(24(13)32)23(31)12-5-4-6-15(36-3)18(12)25(21)33;/h4-6,10,14,16-17,22,30,32,34-35H,7-9,28H2,1-3H3;1H/p-1/t10-,14-,16-,17-,22+,27-;/m0./s1. The van der Waals surface area contributed by atoms with E-state index in [9.17, 15) is 34.8 Å². The molecule has 0 aromatic heterocycles. The number of ether oxygens (including phenoxy) is 3. The maximum Gasteiger partial charge on any atom is 0.202 e. The van der Waals surface area contributed by atoms with Gasteiger partial charge in [-0.3, -0.25) is 14.4 Å². The molecule has 210 valence electrons. The Morgan fingerprint density at radius 2 is 1.79 bits per heavy atom. The van der Waals surface area contributed by atoms with Crippen molar-refractivity contribution < 1.29 is 61.4 Å². The molecule has 0 spiro atoms. The molecule has 12 heteroatoms. The van der Waals surface area contributed by atoms with Gasteiger partial charge in [-0.1, -0.05) is 12.1 Å². The average Bonchev–Trinajstić information content (AvgIpc) is 2.87. The molecule has 2 aromatic carbocycles. The third kappa shape index (κ3) is 4.39. The van der Waals surface area contributed by atoms with Gasteiger partial charge in [-0.25, -0.2) is 0 Å². The number of benzene rings is 2. The molecule has 0 saturated carbocycles. The van der Waals surface area contributed by atoms with E-state index in [1.54, 1.807) is 6.92 Å². The highest BCUT2D eigenvalue weighted by molar-refractivity contribution is 6.31. The molecule has 39 heavy (non-hydrogen) atoms. The Balaban J connectivity index is 0.00000353. The van der Waals surface area contributed by atoms with Crippen molar-refractivity contribution in [2.75, 3.05) is 7.11 Å². The second-order valence-corrected chi connectivity index (χ2v) is 10.1. The van der Waals surface area contributed by atoms with Crippen molar-refractivity contribution in [2.45, 2.75) is 69.4 Å². The normalized spacial score (nSPS) is 29.5. The van der Waals surface area contributed by atoms with Gasteiger partial charge in [-0.15, -0.1) is 0 Å². The first-order valence-electron chi connectivity index (χ1n) is 12.2. The van der Waals surface area contributed by atoms with Crippen LogP contribution in [0, 0.1) is 0 Å². The second kappa shape index (κ2) is 10.2. The van der Waals surface area contributed by atoms with Crippen LogP contribution in [-0.4, -0.2) is 75.0 Å². The lowest BCUT2D eigenvalue weighted by Crippen LogP contribution is -3.00. The molecule has 1 saturated heterocycles. The van der Waals surface area contributed by atoms with Crippen LogP contribution in [0.5, 0.6) is 17.2 Å². The molecule has 1 aliphatic heterocycles. The number of methoxy groups -OCH3 is 1. The number of carbonyl (C=O) groups is 3. The van der Waals surface area contributed by atoms with E-state index in [2.05, 4.69) is 0 Å². The highest BCUT2D eigenvalue weighted by atomic mass is 35.5. The van der Waals surface area contributed by atoms with Crippen LogP contribution in [0.2, 0.25) is 0 Å². The van der Waals surface area contributed by atoms with Gasteiger partial charge < -0.3 is 52.8 Å². The maximum atomic E-state index is 13.6. The van der Waals surface area contributed by atoms with E-state index in [0.717, 1.165) is 0 Å². The molecule has 0 radical (unpaired) electrons. The van der Waals surface area contributed by atoms with Crippen LogP contribution in [0.3, 0.4) is 0 Å². The van der Waals surface area contributed by atoms with Gasteiger partial charge in [-0.2, -0.15) is 0 Å². The number of nitrogens with two attached hydrogens (primary N) is 1. The molecule has 1 fully saturated rings. The Bertz CT molecular complexity index is 1370. The maximum absolute atomic E-state index is 13.6. The molecule has 2 aromatic rings. The molecule has 6 N–H and O–H groups in total. The first-order chi connectivity index (χ1) is 17.9. The van der Waals surface area contributed by atoms with Crippen molar-refractivity contribution in [1.29, 1.82) is 0 Å². The number of phenols is 2. The van der Waals surface area contributed by atoms with E-state index >= 15 is 0 Å². The number of rotatable bonds is 4. The van der Waals surface area contributed by atoms with E-state index in [0.29, 0.717) is 0 Å². The highest BCUT2D eigenvalue weighted by Gasteiger charge is 2.49. The van der Waals surface area contributed by atoms with E-state index in [1.165, 1.54) is 32.2 Å². The Labute approximate surface area is 229 Å². The monoisotopic (exact) mass is 562 g/mol. The molecular formula is C27H29ClNO10-. The fourth-order valence-corrected chi connectivity index (χ4v) is 5.66. The van der Waals surface area contributed by atoms with Crippen LogP contribution in [0.4, 0.5) is 0 Å². The predicted octanol–water partition coefficient (Wildman–Crippen LogP) is -1.97. The summed E-state index contributed by atoms with van der Waals surface area (Å²) in [4.78, 5) is 39.6. The summed E-state index contributed by atoms with van der Waals surface area (Å²) in [6.45, 7) is 2.79. The largest absolute Gasteiger partial charge is 1.00 e. The number of ketones is 3. The molecule has 0 amide bonds. The molecule has 5 rings (SSSR count). The van der Waals surface area contributed by atoms with Gasteiger partial charge in [0.2, 0.25) is 5.78 Å². The summed E-state index contributed by atoms with van der Waals surface area (Å²) in [6.07, 6.45) is -4.53. The Hall–Kier alpha value is -3.06. The van der Waals surface area contributed by atoms with Crippen LogP contribution in [-0.2, 0) is 20.7 Å². The third-order valence-corrected chi connectivity index (χ3v) is 7.80. The molecule has 0 unspecified atom stereocenters. The molecule has 2 aliphatic carbocycles. The fourth-order valence-electron chi connectivity index (χ4n) is 5.66. The molecule has 3 aliphatic rings. The smallest absolute Gasteiger partial charge is 0.202 e. The highest BCUT2D eigenvalue weighted by Crippen LogP contribution is 2.52. The van der Waals surface area contributed by atoms with Crippen molar-refractivity contribution in [1.82, 2.24) is 0 Å². The minimum atomic E-state index is -2.00. The summed E-state index contributed by atoms with van der Waals surface area (Å²) in [5.41, 5.74) is 2.97. The van der Waals surface area contributed by atoms with Crippen molar-refractivity contribution in [3.05, 3.63) is 51.6 Å². The zero-order valence-electron chi connectivity index (χ0n) is 21.4. The summed E-state index contributed by atoms with van der Waals surface area (Å²) < 4.78 is 17.1. The van der Waals surface area contributed by atoms with E-state index in [4.69, 9.17) is 19.9 Å². The first-order valence-corrected chi connectivity index (χ1v) is 12.2. The van der Waals surface area contributed by atoms with Crippen molar-refractivity contribution in [3.8, 4) is 17.2 Å². The minimum absolute atomic E-state index is 0. The predicted molar refractivity (Wildman–Crippen MR) is 130 cm³/mol. The van der Waals surface area contributed by atoms with Crippen LogP contribution >= 0.6 is 0 Å². The van der Waals surface area contributed by atoms with Gasteiger partial charge >= 0.3 is 0 Å². The number of Topliss-reactive ketones (excluding diaryl/α,β-unsaturated/α-hetero) is 1. The lowest BCUT2D eigenvalue weighted by molar-refractivity contribution is -0.247. The number of fused-ring (bicyclic) bond motifs is 3. The zero-order chi connectivity index (χ0) is 27.7. The van der Waals surface area contributed by atoms with E-state index in [-0.39, 0.29) is 53.3 Å². The summed E-state index contributed by atoms with van der Waals surface area (Å²) in [5, 5.41) is 44.1. The Kier molecular flexibility index (Phi) is 7.54. The van der Waals surface area contributed by atoms with E-state index < -0.39 is 82.6 Å². The van der Waals surface area contributed by atoms with Crippen molar-refractivity contribution >= 4 is 17.3 Å². The van der Waals surface area contributed by atoms with E-state index in [1.807, 2.05) is 0 Å². The van der Waals surface area contributed by atoms with Gasteiger partial charge in [0.1, 0.15) is 22.8 Å². The topological polar surface area (TPSA) is 186 Å². The van der Waals surface area contributed by atoms with Gasteiger partial charge in [-0.05, 0) is 19.9 Å². The number of halogens is 1. The van der Waals surface area contributed by atoms with Crippen molar-refractivity contribution in [2.24, 2.45) is 5.73 Å². The fraction of sp³-hybridized carbons (Fsp3) is 0.444. The first kappa shape index (κ1) is 28.9. The van der Waals surface area contributed by atoms with Crippen LogP contribution in [0.1, 0.15) is 75.8 Å². The van der Waals surface area contributed by atoms with Gasteiger partial charge in [0.25, 0.3) is 0 Å². The summed E-state index contributed by atoms with van der Waals surface area (Å²) in [6, 6.07) is 3.75. The van der Waals surface area contributed by atoms with Crippen molar-refractivity contribution in [3.63, 3.8) is 0 Å². The molecular weight excluding hydrogens is 534 g/mol. The SMILES string of the molecule is COc1cccc2c1C(=O)c1c(O)c3c(c(O)c1C2=O)C[C@@](O)(C(C)=O)C[C@@H]3O[C@H]1C[C@H](N)[C@H](O)[C@H](C)O1.[Cl-].